The average Bonchev–Trinajstić information content (AvgIpc) is 3.19. The van der Waals surface area contributed by atoms with Crippen molar-refractivity contribution in [1.29, 1.82) is 5.26 Å². The van der Waals surface area contributed by atoms with E-state index in [2.05, 4.69) is 26.8 Å². The number of thiophene rings is 1. The minimum atomic E-state index is 0.633. The summed E-state index contributed by atoms with van der Waals surface area (Å²) in [6.07, 6.45) is 1.81. The van der Waals surface area contributed by atoms with Crippen molar-refractivity contribution in [2.45, 2.75) is 20.4 Å². The Bertz CT molecular complexity index is 887. The fourth-order valence-corrected chi connectivity index (χ4v) is 3.29. The molecule has 0 unspecified atom stereocenters. The van der Waals surface area contributed by atoms with Crippen LogP contribution >= 0.6 is 11.3 Å². The highest BCUT2D eigenvalue weighted by molar-refractivity contribution is 7.12. The molecule has 0 aromatic carbocycles. The van der Waals surface area contributed by atoms with Crippen molar-refractivity contribution in [3.05, 3.63) is 45.6 Å². The largest absolute Gasteiger partial charge is 0.377 e. The predicted molar refractivity (Wildman–Crippen MR) is 95.1 cm³/mol. The number of aromatic nitrogens is 2. The van der Waals surface area contributed by atoms with E-state index in [9.17, 15) is 0 Å². The van der Waals surface area contributed by atoms with Gasteiger partial charge in [-0.15, -0.1) is 11.3 Å². The third-order valence-electron chi connectivity index (χ3n) is 3.67. The van der Waals surface area contributed by atoms with Crippen molar-refractivity contribution in [2.24, 2.45) is 0 Å². The Morgan fingerprint density at radius 1 is 1.33 bits per heavy atom. The lowest BCUT2D eigenvalue weighted by molar-refractivity contribution is 0.393. The third-order valence-corrected chi connectivity index (χ3v) is 4.66. The number of nitriles is 1. The highest BCUT2D eigenvalue weighted by atomic mass is 32.1. The normalized spacial score (nSPS) is 10.4. The van der Waals surface area contributed by atoms with E-state index in [-0.39, 0.29) is 0 Å². The van der Waals surface area contributed by atoms with Crippen LogP contribution in [0.3, 0.4) is 0 Å². The minimum Gasteiger partial charge on any atom is -0.377 e. The van der Waals surface area contributed by atoms with E-state index in [1.54, 1.807) is 0 Å². The van der Waals surface area contributed by atoms with Gasteiger partial charge in [-0.25, -0.2) is 4.98 Å². The van der Waals surface area contributed by atoms with Crippen molar-refractivity contribution >= 4 is 22.8 Å². The number of aryl methyl sites for hydroxylation is 2. The Morgan fingerprint density at radius 3 is 2.79 bits per heavy atom. The molecule has 0 atom stereocenters. The summed E-state index contributed by atoms with van der Waals surface area (Å²) in [7, 11) is 1.84. The number of hydrogen-bond donors (Lipinski definition) is 2. The molecule has 0 aliphatic rings. The lowest BCUT2D eigenvalue weighted by Gasteiger charge is -2.12. The lowest BCUT2D eigenvalue weighted by atomic mass is 10.1. The molecule has 0 saturated heterocycles. The summed E-state index contributed by atoms with van der Waals surface area (Å²) in [5, 5.41) is 19.4. The van der Waals surface area contributed by atoms with Crippen LogP contribution in [0.4, 0.5) is 11.5 Å². The van der Waals surface area contributed by atoms with E-state index in [0.29, 0.717) is 11.4 Å². The smallest absolute Gasteiger partial charge is 0.149 e. The highest BCUT2D eigenvalue weighted by Gasteiger charge is 2.14. The van der Waals surface area contributed by atoms with Crippen LogP contribution in [0.1, 0.15) is 21.2 Å². The highest BCUT2D eigenvalue weighted by Crippen LogP contribution is 2.31. The van der Waals surface area contributed by atoms with Crippen LogP contribution in [0.15, 0.2) is 28.9 Å². The number of rotatable bonds is 5. The average molecular weight is 339 g/mol. The van der Waals surface area contributed by atoms with Gasteiger partial charge in [0.1, 0.15) is 22.5 Å². The molecule has 3 aromatic rings. The number of hydrogen-bond acceptors (Lipinski definition) is 7. The molecule has 3 heterocycles. The second kappa shape index (κ2) is 6.72. The van der Waals surface area contributed by atoms with Gasteiger partial charge in [0.15, 0.2) is 0 Å². The molecule has 3 rings (SSSR count). The van der Waals surface area contributed by atoms with Gasteiger partial charge in [-0.3, -0.25) is 0 Å². The maximum absolute atomic E-state index is 8.92. The van der Waals surface area contributed by atoms with Gasteiger partial charge in [-0.2, -0.15) is 5.26 Å². The molecule has 0 spiro atoms. The maximum atomic E-state index is 8.92. The molecular formula is C17H17N5OS. The summed E-state index contributed by atoms with van der Waals surface area (Å²) in [6.45, 7) is 4.44. The number of nitrogens with one attached hydrogen (secondary N) is 2. The summed E-state index contributed by atoms with van der Waals surface area (Å²) < 4.78 is 5.25. The number of nitrogens with zero attached hydrogens (tertiary/aromatic N) is 3. The standard InChI is InChI=1S/C17H17N5OS/c1-10-16(11(2)23-22-10)12-6-15(17(19-3)21-8-12)20-9-14-5-4-13(7-18)24-14/h4-6,8,20H,9H2,1-3H3,(H,19,21). The van der Waals surface area contributed by atoms with Crippen LogP contribution < -0.4 is 10.6 Å². The van der Waals surface area contributed by atoms with Gasteiger partial charge >= 0.3 is 0 Å². The van der Waals surface area contributed by atoms with Crippen molar-refractivity contribution in [3.63, 3.8) is 0 Å². The topological polar surface area (TPSA) is 86.8 Å². The first-order valence-corrected chi connectivity index (χ1v) is 8.27. The molecule has 0 amide bonds. The number of pyridine rings is 1. The first-order chi connectivity index (χ1) is 11.6. The zero-order valence-electron chi connectivity index (χ0n) is 13.7. The van der Waals surface area contributed by atoms with E-state index in [4.69, 9.17) is 9.78 Å². The summed E-state index contributed by atoms with van der Waals surface area (Å²) in [5.41, 5.74) is 3.66. The van der Waals surface area contributed by atoms with Gasteiger partial charge < -0.3 is 15.2 Å². The summed E-state index contributed by atoms with van der Waals surface area (Å²) in [4.78, 5) is 6.28. The van der Waals surface area contributed by atoms with Crippen LogP contribution in [0.25, 0.3) is 11.1 Å². The van der Waals surface area contributed by atoms with Crippen LogP contribution in [0.5, 0.6) is 0 Å². The number of anilines is 2. The van der Waals surface area contributed by atoms with E-state index >= 15 is 0 Å². The quantitative estimate of drug-likeness (QED) is 0.732. The lowest BCUT2D eigenvalue weighted by Crippen LogP contribution is -2.03. The molecule has 2 N–H and O–H groups in total. The molecule has 3 aromatic heterocycles. The minimum absolute atomic E-state index is 0.633. The Hall–Kier alpha value is -2.85. The van der Waals surface area contributed by atoms with E-state index < -0.39 is 0 Å². The van der Waals surface area contributed by atoms with Crippen LogP contribution in [-0.2, 0) is 6.54 Å². The Labute approximate surface area is 144 Å². The molecule has 0 fully saturated rings. The Kier molecular flexibility index (Phi) is 4.49. The molecule has 6 nitrogen and oxygen atoms in total. The van der Waals surface area contributed by atoms with E-state index in [1.807, 2.05) is 45.3 Å². The predicted octanol–water partition coefficient (Wildman–Crippen LogP) is 3.94. The molecule has 0 aliphatic carbocycles. The van der Waals surface area contributed by atoms with Crippen molar-refractivity contribution in [3.8, 4) is 17.2 Å². The first kappa shape index (κ1) is 16.0. The molecule has 0 bridgehead atoms. The van der Waals surface area contributed by atoms with Gasteiger partial charge in [0, 0.05) is 35.8 Å². The fourth-order valence-electron chi connectivity index (χ4n) is 2.55. The van der Waals surface area contributed by atoms with Gasteiger partial charge in [0.25, 0.3) is 0 Å². The molecule has 122 valence electrons. The maximum Gasteiger partial charge on any atom is 0.149 e. The second-order valence-corrected chi connectivity index (χ2v) is 6.47. The molecule has 24 heavy (non-hydrogen) atoms. The van der Waals surface area contributed by atoms with E-state index in [0.717, 1.165) is 39.0 Å². The summed E-state index contributed by atoms with van der Waals surface area (Å²) in [5.74, 6) is 1.54. The molecule has 7 heteroatoms. The molecular weight excluding hydrogens is 322 g/mol. The zero-order chi connectivity index (χ0) is 17.1. The second-order valence-electron chi connectivity index (χ2n) is 5.30. The summed E-state index contributed by atoms with van der Waals surface area (Å²) >= 11 is 1.48. The monoisotopic (exact) mass is 339 g/mol. The molecule has 0 aliphatic heterocycles. The fraction of sp³-hybridized carbons (Fsp3) is 0.235. The van der Waals surface area contributed by atoms with Crippen molar-refractivity contribution in [2.75, 3.05) is 17.7 Å². The van der Waals surface area contributed by atoms with Crippen molar-refractivity contribution < 1.29 is 4.52 Å². The van der Waals surface area contributed by atoms with Gasteiger partial charge in [0.05, 0.1) is 11.4 Å². The zero-order valence-corrected chi connectivity index (χ0v) is 14.5. The van der Waals surface area contributed by atoms with Gasteiger partial charge in [-0.05, 0) is 32.0 Å². The van der Waals surface area contributed by atoms with Crippen LogP contribution in [0.2, 0.25) is 0 Å². The van der Waals surface area contributed by atoms with Gasteiger partial charge in [-0.1, -0.05) is 5.16 Å². The third kappa shape index (κ3) is 3.09. The van der Waals surface area contributed by atoms with Crippen LogP contribution in [0, 0.1) is 25.2 Å². The van der Waals surface area contributed by atoms with E-state index in [1.165, 1.54) is 11.3 Å². The van der Waals surface area contributed by atoms with Gasteiger partial charge in [0.2, 0.25) is 0 Å². The SMILES string of the molecule is CNc1ncc(-c2c(C)noc2C)cc1NCc1ccc(C#N)s1. The molecule has 0 radical (unpaired) electrons. The van der Waals surface area contributed by atoms with Crippen LogP contribution in [-0.4, -0.2) is 17.2 Å². The molecule has 0 saturated carbocycles. The Balaban J connectivity index is 1.88. The first-order valence-electron chi connectivity index (χ1n) is 7.46. The van der Waals surface area contributed by atoms with Crippen molar-refractivity contribution in [1.82, 2.24) is 10.1 Å². The Morgan fingerprint density at radius 2 is 2.17 bits per heavy atom. The summed E-state index contributed by atoms with van der Waals surface area (Å²) in [6, 6.07) is 7.98.